The van der Waals surface area contributed by atoms with Gasteiger partial charge < -0.3 is 4.74 Å². The molecular weight excluding hydrogens is 713 g/mol. The second-order valence-corrected chi connectivity index (χ2v) is 16.2. The highest BCUT2D eigenvalue weighted by molar-refractivity contribution is 7.25. The molecule has 0 bridgehead atoms. The van der Waals surface area contributed by atoms with E-state index >= 15 is 0 Å². The van der Waals surface area contributed by atoms with E-state index in [4.69, 9.17) is 14.7 Å². The van der Waals surface area contributed by atoms with E-state index in [0.29, 0.717) is 5.82 Å². The van der Waals surface area contributed by atoms with Crippen LogP contribution in [0.25, 0.3) is 70.8 Å². The summed E-state index contributed by atoms with van der Waals surface area (Å²) >= 11 is 1.83. The number of benzene rings is 7. The lowest BCUT2D eigenvalue weighted by molar-refractivity contribution is 0.437. The van der Waals surface area contributed by atoms with Crippen molar-refractivity contribution >= 4 is 37.1 Å². The third kappa shape index (κ3) is 4.84. The second kappa shape index (κ2) is 12.6. The van der Waals surface area contributed by atoms with Gasteiger partial charge in [-0.05, 0) is 71.0 Å². The molecular formula is C53H34N2OS. The van der Waals surface area contributed by atoms with Gasteiger partial charge in [-0.1, -0.05) is 152 Å². The summed E-state index contributed by atoms with van der Waals surface area (Å²) in [5, 5.41) is 2.57. The summed E-state index contributed by atoms with van der Waals surface area (Å²) in [6, 6.07) is 60.8. The first-order valence-electron chi connectivity index (χ1n) is 19.6. The number of hydrogen-bond acceptors (Lipinski definition) is 4. The molecule has 0 fully saturated rings. The molecule has 268 valence electrons. The first kappa shape index (κ1) is 32.4. The van der Waals surface area contributed by atoms with Gasteiger partial charge in [0, 0.05) is 53.6 Å². The zero-order chi connectivity index (χ0) is 37.5. The van der Waals surface area contributed by atoms with Gasteiger partial charge in [0.2, 0.25) is 0 Å². The van der Waals surface area contributed by atoms with Gasteiger partial charge in [-0.25, -0.2) is 9.97 Å². The average Bonchev–Trinajstić information content (AvgIpc) is 3.80. The Kier molecular flexibility index (Phi) is 7.14. The van der Waals surface area contributed by atoms with E-state index in [0.717, 1.165) is 63.5 Å². The van der Waals surface area contributed by atoms with E-state index in [2.05, 4.69) is 176 Å². The van der Waals surface area contributed by atoms with Crippen molar-refractivity contribution in [2.45, 2.75) is 18.3 Å². The highest BCUT2D eigenvalue weighted by Crippen LogP contribution is 2.63. The molecule has 0 N–H and O–H groups in total. The van der Waals surface area contributed by atoms with Gasteiger partial charge >= 0.3 is 0 Å². The molecule has 1 atom stereocenters. The van der Waals surface area contributed by atoms with Crippen LogP contribution in [0.1, 0.15) is 35.1 Å². The quantitative estimate of drug-likeness (QED) is 0.180. The minimum atomic E-state index is -0.474. The number of nitrogens with zero attached hydrogens (tertiary/aromatic N) is 2. The largest absolute Gasteiger partial charge is 0.456 e. The lowest BCUT2D eigenvalue weighted by Gasteiger charge is -2.41. The zero-order valence-electron chi connectivity index (χ0n) is 30.9. The van der Waals surface area contributed by atoms with Gasteiger partial charge in [-0.3, -0.25) is 0 Å². The van der Waals surface area contributed by atoms with Crippen LogP contribution in [0, 0.1) is 0 Å². The maximum Gasteiger partial charge on any atom is 0.160 e. The predicted octanol–water partition coefficient (Wildman–Crippen LogP) is 14.1. The van der Waals surface area contributed by atoms with E-state index in [1.165, 1.54) is 53.6 Å². The number of para-hydroxylation sites is 2. The smallest absolute Gasteiger partial charge is 0.160 e. The SMILES string of the molecule is C1=CC2=C(CC1)c1ccccc1C21c2ccccc2Oc2c(-c3cccc(-c4nc(-c5ccccc5)cc(-c5ccc6c(c5)sc5ccccc56)n4)c3)cccc21. The normalized spacial score (nSPS) is 16.4. The Bertz CT molecular complexity index is 3170. The minimum Gasteiger partial charge on any atom is -0.456 e. The lowest BCUT2D eigenvalue weighted by atomic mass is 9.64. The fraction of sp³-hybridized carbons (Fsp3) is 0.0566. The third-order valence-corrected chi connectivity index (χ3v) is 13.2. The summed E-state index contributed by atoms with van der Waals surface area (Å²) in [5.41, 5.74) is 14.4. The van der Waals surface area contributed by atoms with Crippen LogP contribution in [0.4, 0.5) is 0 Å². The van der Waals surface area contributed by atoms with E-state index in [1.54, 1.807) is 0 Å². The Balaban J connectivity index is 1.03. The van der Waals surface area contributed by atoms with Gasteiger partial charge in [-0.2, -0.15) is 0 Å². The van der Waals surface area contributed by atoms with Crippen molar-refractivity contribution < 1.29 is 4.74 Å². The minimum absolute atomic E-state index is 0.474. The highest BCUT2D eigenvalue weighted by atomic mass is 32.1. The molecule has 2 aliphatic carbocycles. The maximum absolute atomic E-state index is 7.02. The summed E-state index contributed by atoms with van der Waals surface area (Å²) < 4.78 is 9.57. The van der Waals surface area contributed by atoms with Crippen LogP contribution in [0.15, 0.2) is 188 Å². The summed E-state index contributed by atoms with van der Waals surface area (Å²) in [4.78, 5) is 10.5. The van der Waals surface area contributed by atoms with Crippen LogP contribution in [0.2, 0.25) is 0 Å². The molecule has 0 radical (unpaired) electrons. The summed E-state index contributed by atoms with van der Waals surface area (Å²) in [5.74, 6) is 2.48. The van der Waals surface area contributed by atoms with Crippen molar-refractivity contribution in [1.29, 1.82) is 0 Å². The molecule has 1 unspecified atom stereocenters. The van der Waals surface area contributed by atoms with Crippen LogP contribution in [0.3, 0.4) is 0 Å². The molecule has 57 heavy (non-hydrogen) atoms. The molecule has 1 spiro atoms. The number of rotatable bonds is 4. The molecule has 0 saturated heterocycles. The van der Waals surface area contributed by atoms with Crippen LogP contribution in [-0.2, 0) is 5.41 Å². The maximum atomic E-state index is 7.02. The first-order valence-corrected chi connectivity index (χ1v) is 20.4. The highest BCUT2D eigenvalue weighted by Gasteiger charge is 2.52. The Morgan fingerprint density at radius 1 is 0.509 bits per heavy atom. The number of thiophene rings is 1. The van der Waals surface area contributed by atoms with E-state index in [9.17, 15) is 0 Å². The molecule has 12 rings (SSSR count). The van der Waals surface area contributed by atoms with Gasteiger partial charge in [0.05, 0.1) is 16.8 Å². The van der Waals surface area contributed by atoms with Gasteiger partial charge in [0.15, 0.2) is 5.82 Å². The van der Waals surface area contributed by atoms with Crippen molar-refractivity contribution in [2.24, 2.45) is 0 Å². The molecule has 9 aromatic rings. The van der Waals surface area contributed by atoms with Crippen molar-refractivity contribution in [1.82, 2.24) is 9.97 Å². The molecule has 3 aliphatic rings. The molecule has 4 heteroatoms. The Morgan fingerprint density at radius 3 is 2.14 bits per heavy atom. The topological polar surface area (TPSA) is 35.0 Å². The van der Waals surface area contributed by atoms with Crippen molar-refractivity contribution in [2.75, 3.05) is 0 Å². The van der Waals surface area contributed by atoms with E-state index in [-0.39, 0.29) is 0 Å². The Hall–Kier alpha value is -6.88. The summed E-state index contributed by atoms with van der Waals surface area (Å²) in [7, 11) is 0. The number of allylic oxidation sites excluding steroid dienone is 4. The third-order valence-electron chi connectivity index (χ3n) is 12.1. The van der Waals surface area contributed by atoms with Crippen molar-refractivity contribution in [3.63, 3.8) is 0 Å². The number of hydrogen-bond donors (Lipinski definition) is 0. The van der Waals surface area contributed by atoms with E-state index < -0.39 is 5.41 Å². The monoisotopic (exact) mass is 746 g/mol. The molecule has 1 aliphatic heterocycles. The Labute approximate surface area is 334 Å². The molecule has 0 saturated carbocycles. The Morgan fingerprint density at radius 2 is 1.21 bits per heavy atom. The average molecular weight is 747 g/mol. The summed E-state index contributed by atoms with van der Waals surface area (Å²) in [6.07, 6.45) is 6.81. The van der Waals surface area contributed by atoms with Crippen LogP contribution in [0.5, 0.6) is 11.5 Å². The van der Waals surface area contributed by atoms with Gasteiger partial charge in [0.1, 0.15) is 11.5 Å². The standard InChI is InChI=1S/C53H34N2OS/c1-2-14-33(15-3-1)46-32-47(35-28-29-41-40-20-6-11-27-49(40)57-50(41)31-35)55-52(54-46)36-17-12-16-34(30-36)37-21-13-25-45-51(37)56-48-26-10-9-24-44(48)53(45)42-22-7-4-18-38(42)39-19-5-8-23-43(39)53/h1-4,6-18,20-32H,5,19H2. The van der Waals surface area contributed by atoms with Gasteiger partial charge in [0.25, 0.3) is 0 Å². The lowest BCUT2D eigenvalue weighted by Crippen LogP contribution is -2.33. The van der Waals surface area contributed by atoms with Crippen molar-refractivity contribution in [3.8, 4) is 56.5 Å². The molecule has 3 nitrogen and oxygen atoms in total. The van der Waals surface area contributed by atoms with Crippen LogP contribution in [-0.4, -0.2) is 9.97 Å². The molecule has 7 aromatic carbocycles. The molecule has 3 heterocycles. The zero-order valence-corrected chi connectivity index (χ0v) is 31.8. The fourth-order valence-corrected chi connectivity index (χ4v) is 10.7. The predicted molar refractivity (Wildman–Crippen MR) is 235 cm³/mol. The molecule has 2 aromatic heterocycles. The van der Waals surface area contributed by atoms with Gasteiger partial charge in [-0.15, -0.1) is 11.3 Å². The number of fused-ring (bicyclic) bond motifs is 11. The number of aromatic nitrogens is 2. The second-order valence-electron chi connectivity index (χ2n) is 15.1. The van der Waals surface area contributed by atoms with Crippen molar-refractivity contribution in [3.05, 3.63) is 210 Å². The molecule has 0 amide bonds. The summed E-state index contributed by atoms with van der Waals surface area (Å²) in [6.45, 7) is 0. The van der Waals surface area contributed by atoms with Crippen LogP contribution >= 0.6 is 11.3 Å². The first-order chi connectivity index (χ1) is 28.2. The van der Waals surface area contributed by atoms with E-state index in [1.807, 2.05) is 17.4 Å². The van der Waals surface area contributed by atoms with Crippen LogP contribution < -0.4 is 4.74 Å². The fourth-order valence-electron chi connectivity index (χ4n) is 9.58. The number of ether oxygens (including phenoxy) is 1.